The van der Waals surface area contributed by atoms with Gasteiger partial charge in [0.1, 0.15) is 5.69 Å². The summed E-state index contributed by atoms with van der Waals surface area (Å²) in [6, 6.07) is 6.10. The van der Waals surface area contributed by atoms with Crippen LogP contribution in [0.25, 0.3) is 0 Å². The van der Waals surface area contributed by atoms with Crippen LogP contribution < -0.4 is 10.6 Å². The largest absolute Gasteiger partial charge is 0.348 e. The number of rotatable bonds is 5. The first-order chi connectivity index (χ1) is 12.4. The van der Waals surface area contributed by atoms with Gasteiger partial charge in [0, 0.05) is 36.7 Å². The van der Waals surface area contributed by atoms with E-state index < -0.39 is 21.8 Å². The molecule has 2 amide bonds. The maximum atomic E-state index is 12.3. The molecule has 0 aromatic carbocycles. The van der Waals surface area contributed by atoms with Crippen molar-refractivity contribution in [1.29, 1.82) is 0 Å². The van der Waals surface area contributed by atoms with E-state index in [0.717, 1.165) is 5.56 Å². The van der Waals surface area contributed by atoms with Crippen LogP contribution in [0.5, 0.6) is 0 Å². The van der Waals surface area contributed by atoms with Gasteiger partial charge >= 0.3 is 0 Å². The summed E-state index contributed by atoms with van der Waals surface area (Å²) in [6.07, 6.45) is 5.06. The molecule has 0 saturated carbocycles. The van der Waals surface area contributed by atoms with Crippen LogP contribution in [0.1, 0.15) is 32.8 Å². The van der Waals surface area contributed by atoms with E-state index in [4.69, 9.17) is 0 Å². The second-order valence-electron chi connectivity index (χ2n) is 6.05. The second kappa shape index (κ2) is 7.61. The molecule has 1 unspecified atom stereocenters. The molecule has 8 nitrogen and oxygen atoms in total. The van der Waals surface area contributed by atoms with E-state index in [9.17, 15) is 18.0 Å². The highest BCUT2D eigenvalue weighted by atomic mass is 32.2. The topological polar surface area (TPSA) is 118 Å². The van der Waals surface area contributed by atoms with Gasteiger partial charge in [-0.1, -0.05) is 6.07 Å². The van der Waals surface area contributed by atoms with Gasteiger partial charge in [0.25, 0.3) is 11.8 Å². The summed E-state index contributed by atoms with van der Waals surface area (Å²) < 4.78 is 22.9. The Labute approximate surface area is 151 Å². The third-order valence-corrected chi connectivity index (χ3v) is 5.77. The number of nitrogens with one attached hydrogen (secondary N) is 2. The summed E-state index contributed by atoms with van der Waals surface area (Å²) in [5.74, 6) is -0.825. The number of carbonyl (C=O) groups excluding carboxylic acids is 2. The first kappa shape index (κ1) is 18.0. The van der Waals surface area contributed by atoms with Gasteiger partial charge in [-0.3, -0.25) is 19.6 Å². The minimum atomic E-state index is -3.08. The van der Waals surface area contributed by atoms with Crippen molar-refractivity contribution in [2.24, 2.45) is 0 Å². The summed E-state index contributed by atoms with van der Waals surface area (Å²) in [6.45, 7) is 0.316. The summed E-state index contributed by atoms with van der Waals surface area (Å²) in [4.78, 5) is 32.5. The highest BCUT2D eigenvalue weighted by Crippen LogP contribution is 2.12. The molecule has 9 heteroatoms. The molecule has 1 aliphatic rings. The molecule has 2 N–H and O–H groups in total. The fraction of sp³-hybridized carbons (Fsp3) is 0.294. The van der Waals surface area contributed by atoms with Crippen LogP contribution in [0, 0.1) is 0 Å². The average Bonchev–Trinajstić information content (AvgIpc) is 2.99. The van der Waals surface area contributed by atoms with E-state index in [-0.39, 0.29) is 23.1 Å². The molecule has 0 bridgehead atoms. The number of pyridine rings is 2. The summed E-state index contributed by atoms with van der Waals surface area (Å²) in [5.41, 5.74) is 1.23. The maximum absolute atomic E-state index is 12.3. The number of hydrogen-bond donors (Lipinski definition) is 2. The van der Waals surface area contributed by atoms with Crippen molar-refractivity contribution in [3.63, 3.8) is 0 Å². The summed E-state index contributed by atoms with van der Waals surface area (Å²) >= 11 is 0. The first-order valence-corrected chi connectivity index (χ1v) is 9.89. The van der Waals surface area contributed by atoms with Crippen LogP contribution in [0.15, 0.2) is 42.9 Å². The second-order valence-corrected chi connectivity index (χ2v) is 8.28. The molecule has 1 saturated heterocycles. The Morgan fingerprint density at radius 1 is 1.19 bits per heavy atom. The molecular formula is C17H18N4O4S. The molecule has 1 fully saturated rings. The highest BCUT2D eigenvalue weighted by molar-refractivity contribution is 7.91. The molecule has 0 radical (unpaired) electrons. The van der Waals surface area contributed by atoms with E-state index in [1.807, 2.05) is 6.07 Å². The van der Waals surface area contributed by atoms with E-state index in [1.165, 1.54) is 18.3 Å². The zero-order valence-corrected chi connectivity index (χ0v) is 14.7. The van der Waals surface area contributed by atoms with Crippen LogP contribution in [-0.4, -0.2) is 47.7 Å². The lowest BCUT2D eigenvalue weighted by atomic mass is 10.2. The van der Waals surface area contributed by atoms with Crippen LogP contribution in [0.4, 0.5) is 0 Å². The molecule has 136 valence electrons. The Bertz CT molecular complexity index is 915. The Balaban J connectivity index is 1.62. The van der Waals surface area contributed by atoms with E-state index >= 15 is 0 Å². The molecule has 2 aromatic rings. The lowest BCUT2D eigenvalue weighted by molar-refractivity contribution is 0.0936. The molecule has 26 heavy (non-hydrogen) atoms. The predicted molar refractivity (Wildman–Crippen MR) is 94.2 cm³/mol. The number of nitrogens with zero attached hydrogens (tertiary/aromatic N) is 2. The summed E-state index contributed by atoms with van der Waals surface area (Å²) in [5, 5.41) is 5.40. The molecule has 3 heterocycles. The lowest BCUT2D eigenvalue weighted by Crippen LogP contribution is -2.36. The summed E-state index contributed by atoms with van der Waals surface area (Å²) in [7, 11) is -3.08. The van der Waals surface area contributed by atoms with Gasteiger partial charge < -0.3 is 10.6 Å². The van der Waals surface area contributed by atoms with Crippen molar-refractivity contribution >= 4 is 21.7 Å². The van der Waals surface area contributed by atoms with E-state index in [0.29, 0.717) is 18.5 Å². The number of carbonyl (C=O) groups is 2. The van der Waals surface area contributed by atoms with Crippen molar-refractivity contribution in [3.8, 4) is 0 Å². The molecule has 0 spiro atoms. The molecule has 3 rings (SSSR count). The quantitative estimate of drug-likeness (QED) is 0.778. The van der Waals surface area contributed by atoms with Gasteiger partial charge in [-0.2, -0.15) is 0 Å². The third-order valence-electron chi connectivity index (χ3n) is 4.00. The Hall–Kier alpha value is -2.81. The molecule has 1 aliphatic heterocycles. The number of aromatic nitrogens is 2. The fourth-order valence-electron chi connectivity index (χ4n) is 2.65. The monoisotopic (exact) mass is 374 g/mol. The van der Waals surface area contributed by atoms with Crippen molar-refractivity contribution in [2.75, 3.05) is 11.5 Å². The zero-order chi connectivity index (χ0) is 18.6. The standard InChI is InChI=1S/C17H18N4O4S/c22-16(20-10-12-2-1-5-18-9-12)13-3-6-19-15(8-13)17(23)21-14-4-7-26(24,25)11-14/h1-3,5-6,8-9,14H,4,7,10-11H2,(H,20,22)(H,21,23). The average molecular weight is 374 g/mol. The number of sulfone groups is 1. The SMILES string of the molecule is O=C(NCc1cccnc1)c1ccnc(C(=O)NC2CCS(=O)(=O)C2)c1. The maximum Gasteiger partial charge on any atom is 0.270 e. The minimum absolute atomic E-state index is 0.0654. The van der Waals surface area contributed by atoms with Crippen molar-refractivity contribution in [2.45, 2.75) is 19.0 Å². The highest BCUT2D eigenvalue weighted by Gasteiger charge is 2.29. The van der Waals surface area contributed by atoms with Crippen LogP contribution in [-0.2, 0) is 16.4 Å². The van der Waals surface area contributed by atoms with E-state index in [1.54, 1.807) is 18.5 Å². The van der Waals surface area contributed by atoms with Gasteiger partial charge in [0.2, 0.25) is 0 Å². The van der Waals surface area contributed by atoms with Crippen molar-refractivity contribution in [3.05, 3.63) is 59.7 Å². The minimum Gasteiger partial charge on any atom is -0.348 e. The van der Waals surface area contributed by atoms with Gasteiger partial charge in [-0.15, -0.1) is 0 Å². The Morgan fingerprint density at radius 2 is 2.04 bits per heavy atom. The smallest absolute Gasteiger partial charge is 0.270 e. The van der Waals surface area contributed by atoms with E-state index in [2.05, 4.69) is 20.6 Å². The van der Waals surface area contributed by atoms with Crippen LogP contribution in [0.3, 0.4) is 0 Å². The van der Waals surface area contributed by atoms with Gasteiger partial charge in [-0.05, 0) is 30.2 Å². The van der Waals surface area contributed by atoms with Crippen molar-refractivity contribution < 1.29 is 18.0 Å². The number of hydrogen-bond acceptors (Lipinski definition) is 6. The molecule has 1 atom stereocenters. The van der Waals surface area contributed by atoms with Crippen LogP contribution in [0.2, 0.25) is 0 Å². The molecule has 2 aromatic heterocycles. The Kier molecular flexibility index (Phi) is 5.27. The number of amides is 2. The normalized spacial score (nSPS) is 18.2. The van der Waals surface area contributed by atoms with Crippen molar-refractivity contribution in [1.82, 2.24) is 20.6 Å². The zero-order valence-electron chi connectivity index (χ0n) is 13.9. The van der Waals surface area contributed by atoms with Crippen LogP contribution >= 0.6 is 0 Å². The fourth-order valence-corrected chi connectivity index (χ4v) is 4.32. The lowest BCUT2D eigenvalue weighted by Gasteiger charge is -2.11. The van der Waals surface area contributed by atoms with Gasteiger partial charge in [-0.25, -0.2) is 8.42 Å². The predicted octanol–water partition coefficient (Wildman–Crippen LogP) is 0.324. The molecular weight excluding hydrogens is 356 g/mol. The van der Waals surface area contributed by atoms with Gasteiger partial charge in [0.05, 0.1) is 11.5 Å². The Morgan fingerprint density at radius 3 is 2.73 bits per heavy atom. The molecule has 0 aliphatic carbocycles. The van der Waals surface area contributed by atoms with Gasteiger partial charge in [0.15, 0.2) is 9.84 Å². The third kappa shape index (κ3) is 4.63. The first-order valence-electron chi connectivity index (χ1n) is 8.07.